The van der Waals surface area contributed by atoms with Gasteiger partial charge >= 0.3 is 0 Å². The highest BCUT2D eigenvalue weighted by atomic mass is 127. The largest absolute Gasteiger partial charge is 0.271 e. The van der Waals surface area contributed by atoms with E-state index < -0.39 is 0 Å². The molecule has 1 atom stereocenters. The number of halogens is 2. The Labute approximate surface area is 128 Å². The Bertz CT molecular complexity index is 403. The third-order valence-electron chi connectivity index (χ3n) is 4.00. The highest BCUT2D eigenvalue weighted by molar-refractivity contribution is 14.1. The van der Waals surface area contributed by atoms with Gasteiger partial charge in [0.05, 0.1) is 0 Å². The van der Waals surface area contributed by atoms with Crippen LogP contribution in [0.4, 0.5) is 0 Å². The van der Waals surface area contributed by atoms with Crippen LogP contribution in [0.3, 0.4) is 0 Å². The van der Waals surface area contributed by atoms with Crippen LogP contribution in [0.1, 0.15) is 44.2 Å². The van der Waals surface area contributed by atoms with Crippen LogP contribution < -0.4 is 11.3 Å². The fraction of sp³-hybridized carbons (Fsp3) is 0.571. The van der Waals surface area contributed by atoms with Crippen molar-refractivity contribution in [3.63, 3.8) is 0 Å². The van der Waals surface area contributed by atoms with Gasteiger partial charge in [-0.15, -0.1) is 0 Å². The van der Waals surface area contributed by atoms with Crippen molar-refractivity contribution >= 4 is 34.2 Å². The van der Waals surface area contributed by atoms with Crippen molar-refractivity contribution in [2.75, 3.05) is 0 Å². The molecule has 1 aliphatic rings. The third kappa shape index (κ3) is 3.38. The lowest BCUT2D eigenvalue weighted by Gasteiger charge is -2.33. The number of nitrogens with two attached hydrogens (primary N) is 1. The first-order valence-electron chi connectivity index (χ1n) is 6.53. The van der Waals surface area contributed by atoms with Gasteiger partial charge in [0, 0.05) is 14.6 Å². The molecule has 0 bridgehead atoms. The summed E-state index contributed by atoms with van der Waals surface area (Å²) in [5.41, 5.74) is 4.25. The average molecular weight is 379 g/mol. The summed E-state index contributed by atoms with van der Waals surface area (Å²) in [7, 11) is 0. The Morgan fingerprint density at radius 3 is 2.61 bits per heavy atom. The highest BCUT2D eigenvalue weighted by Crippen LogP contribution is 2.38. The summed E-state index contributed by atoms with van der Waals surface area (Å²) in [6, 6.07) is 6.27. The van der Waals surface area contributed by atoms with E-state index in [2.05, 4.69) is 41.0 Å². The molecule has 1 saturated carbocycles. The SMILES string of the molecule is CC1CCC(C(NN)c2cc(Cl)ccc2I)CC1. The summed E-state index contributed by atoms with van der Waals surface area (Å²) in [5, 5.41) is 0.787. The molecule has 0 heterocycles. The number of rotatable bonds is 3. The molecule has 2 nitrogen and oxygen atoms in total. The van der Waals surface area contributed by atoms with E-state index in [0.717, 1.165) is 10.9 Å². The maximum absolute atomic E-state index is 6.11. The summed E-state index contributed by atoms with van der Waals surface area (Å²) in [5.74, 6) is 7.28. The normalized spacial score (nSPS) is 26.0. The van der Waals surface area contributed by atoms with Gasteiger partial charge in [0.1, 0.15) is 0 Å². The quantitative estimate of drug-likeness (QED) is 0.468. The van der Waals surface area contributed by atoms with E-state index in [1.807, 2.05) is 12.1 Å². The van der Waals surface area contributed by atoms with Crippen LogP contribution in [-0.2, 0) is 0 Å². The smallest absolute Gasteiger partial charge is 0.0499 e. The lowest BCUT2D eigenvalue weighted by Crippen LogP contribution is -2.35. The van der Waals surface area contributed by atoms with Crippen LogP contribution in [0.2, 0.25) is 5.02 Å². The number of hydrogen-bond acceptors (Lipinski definition) is 2. The van der Waals surface area contributed by atoms with Crippen molar-refractivity contribution in [3.8, 4) is 0 Å². The van der Waals surface area contributed by atoms with Crippen molar-refractivity contribution in [1.29, 1.82) is 0 Å². The maximum atomic E-state index is 6.11. The van der Waals surface area contributed by atoms with Gasteiger partial charge in [-0.1, -0.05) is 31.4 Å². The van der Waals surface area contributed by atoms with Crippen molar-refractivity contribution in [2.45, 2.75) is 38.6 Å². The van der Waals surface area contributed by atoms with Crippen LogP contribution >= 0.6 is 34.2 Å². The Morgan fingerprint density at radius 2 is 2.00 bits per heavy atom. The Kier molecular flexibility index (Phi) is 5.30. The average Bonchev–Trinajstić information content (AvgIpc) is 2.37. The topological polar surface area (TPSA) is 38.0 Å². The second kappa shape index (κ2) is 6.55. The van der Waals surface area contributed by atoms with Gasteiger partial charge in [0.2, 0.25) is 0 Å². The zero-order valence-corrected chi connectivity index (χ0v) is 13.5. The Hall–Kier alpha value is 0.160. The zero-order chi connectivity index (χ0) is 13.1. The molecule has 4 heteroatoms. The van der Waals surface area contributed by atoms with Gasteiger partial charge in [0.25, 0.3) is 0 Å². The number of benzene rings is 1. The standard InChI is InChI=1S/C14H20ClIN2/c1-9-2-4-10(5-3-9)14(18-17)12-8-11(15)6-7-13(12)16/h6-10,14,18H,2-5,17H2,1H3. The van der Waals surface area contributed by atoms with E-state index in [-0.39, 0.29) is 6.04 Å². The van der Waals surface area contributed by atoms with Crippen molar-refractivity contribution in [2.24, 2.45) is 17.7 Å². The van der Waals surface area contributed by atoms with E-state index in [4.69, 9.17) is 17.4 Å². The number of nitrogens with one attached hydrogen (secondary N) is 1. The van der Waals surface area contributed by atoms with Gasteiger partial charge in [0.15, 0.2) is 0 Å². The second-order valence-electron chi connectivity index (χ2n) is 5.33. The molecular weight excluding hydrogens is 359 g/mol. The first kappa shape index (κ1) is 14.6. The van der Waals surface area contributed by atoms with Gasteiger partial charge in [-0.3, -0.25) is 11.3 Å². The van der Waals surface area contributed by atoms with Gasteiger partial charge < -0.3 is 0 Å². The van der Waals surface area contributed by atoms with E-state index in [9.17, 15) is 0 Å². The van der Waals surface area contributed by atoms with Crippen LogP contribution in [0.25, 0.3) is 0 Å². The summed E-state index contributed by atoms with van der Waals surface area (Å²) in [6.07, 6.45) is 5.11. The molecule has 1 aromatic carbocycles. The van der Waals surface area contributed by atoms with Gasteiger partial charge in [-0.05, 0) is 71.0 Å². The minimum atomic E-state index is 0.225. The first-order valence-corrected chi connectivity index (χ1v) is 7.98. The highest BCUT2D eigenvalue weighted by Gasteiger charge is 2.27. The van der Waals surface area contributed by atoms with Crippen molar-refractivity contribution in [3.05, 3.63) is 32.4 Å². The number of hydrazine groups is 1. The van der Waals surface area contributed by atoms with E-state index in [1.165, 1.54) is 34.8 Å². The molecule has 0 aliphatic heterocycles. The van der Waals surface area contributed by atoms with Crippen molar-refractivity contribution < 1.29 is 0 Å². The molecule has 1 aromatic rings. The molecule has 3 N–H and O–H groups in total. The predicted octanol–water partition coefficient (Wildman–Crippen LogP) is 4.28. The molecule has 1 unspecified atom stereocenters. The molecule has 18 heavy (non-hydrogen) atoms. The molecule has 0 aromatic heterocycles. The molecule has 1 aliphatic carbocycles. The first-order chi connectivity index (χ1) is 8.61. The maximum Gasteiger partial charge on any atom is 0.0499 e. The Morgan fingerprint density at radius 1 is 1.33 bits per heavy atom. The third-order valence-corrected chi connectivity index (χ3v) is 5.22. The lowest BCUT2D eigenvalue weighted by molar-refractivity contribution is 0.232. The fourth-order valence-corrected chi connectivity index (χ4v) is 3.70. The zero-order valence-electron chi connectivity index (χ0n) is 10.6. The van der Waals surface area contributed by atoms with Crippen LogP contribution in [0.15, 0.2) is 18.2 Å². The molecule has 100 valence electrons. The minimum absolute atomic E-state index is 0.225. The van der Waals surface area contributed by atoms with Crippen molar-refractivity contribution in [1.82, 2.24) is 5.43 Å². The fourth-order valence-electron chi connectivity index (χ4n) is 2.85. The van der Waals surface area contributed by atoms with E-state index in [1.54, 1.807) is 0 Å². The monoisotopic (exact) mass is 378 g/mol. The van der Waals surface area contributed by atoms with E-state index >= 15 is 0 Å². The summed E-state index contributed by atoms with van der Waals surface area (Å²) >= 11 is 8.47. The van der Waals surface area contributed by atoms with Crippen LogP contribution in [-0.4, -0.2) is 0 Å². The molecule has 2 rings (SSSR count). The molecule has 0 radical (unpaired) electrons. The molecule has 0 spiro atoms. The molecule has 0 saturated heterocycles. The minimum Gasteiger partial charge on any atom is -0.271 e. The number of hydrogen-bond donors (Lipinski definition) is 2. The van der Waals surface area contributed by atoms with Gasteiger partial charge in [-0.2, -0.15) is 0 Å². The summed E-state index contributed by atoms with van der Waals surface area (Å²) < 4.78 is 1.23. The predicted molar refractivity (Wildman–Crippen MR) is 85.4 cm³/mol. The molecule has 1 fully saturated rings. The summed E-state index contributed by atoms with van der Waals surface area (Å²) in [6.45, 7) is 2.34. The summed E-state index contributed by atoms with van der Waals surface area (Å²) in [4.78, 5) is 0. The van der Waals surface area contributed by atoms with E-state index in [0.29, 0.717) is 5.92 Å². The molecular formula is C14H20ClIN2. The van der Waals surface area contributed by atoms with Crippen LogP contribution in [0, 0.1) is 15.4 Å². The lowest BCUT2D eigenvalue weighted by atomic mass is 9.77. The Balaban J connectivity index is 2.19. The van der Waals surface area contributed by atoms with Crippen LogP contribution in [0.5, 0.6) is 0 Å². The molecule has 0 amide bonds. The second-order valence-corrected chi connectivity index (χ2v) is 6.93. The van der Waals surface area contributed by atoms with Gasteiger partial charge in [-0.25, -0.2) is 0 Å².